The molecule has 0 fully saturated rings. The topological polar surface area (TPSA) is 29.1 Å². The molecule has 0 aliphatic heterocycles. The minimum atomic E-state index is -4.81. The van der Waals surface area contributed by atoms with Crippen LogP contribution in [0.4, 0.5) is 17.6 Å². The lowest BCUT2D eigenvalue weighted by atomic mass is 10.1. The molecule has 1 unspecified atom stereocenters. The van der Waals surface area contributed by atoms with Crippen molar-refractivity contribution in [2.24, 2.45) is 0 Å². The smallest absolute Gasteiger partial charge is 0.349 e. The minimum Gasteiger partial charge on any atom is -0.349 e. The van der Waals surface area contributed by atoms with E-state index >= 15 is 0 Å². The maximum absolute atomic E-state index is 13.8. The molecule has 0 bridgehead atoms. The lowest BCUT2D eigenvalue weighted by Crippen LogP contribution is -2.33. The standard InChI is InChI=1S/C15H19F4NO/c1-3-4-5-7-10(2)20-14(21)11-8-6-9-12(13(11)16)15(17,18)19/h6,8-10H,3-5,7H2,1-2H3,(H,20,21). The van der Waals surface area contributed by atoms with Gasteiger partial charge in [0, 0.05) is 6.04 Å². The van der Waals surface area contributed by atoms with Crippen LogP contribution in [0.15, 0.2) is 18.2 Å². The highest BCUT2D eigenvalue weighted by Crippen LogP contribution is 2.32. The van der Waals surface area contributed by atoms with Crippen molar-refractivity contribution in [2.45, 2.75) is 51.7 Å². The number of benzene rings is 1. The van der Waals surface area contributed by atoms with E-state index in [1.807, 2.05) is 6.92 Å². The normalized spacial score (nSPS) is 13.0. The van der Waals surface area contributed by atoms with E-state index in [2.05, 4.69) is 5.32 Å². The first-order chi connectivity index (χ1) is 9.77. The molecule has 2 nitrogen and oxygen atoms in total. The van der Waals surface area contributed by atoms with Crippen LogP contribution < -0.4 is 5.32 Å². The average molecular weight is 305 g/mol. The Morgan fingerprint density at radius 3 is 2.52 bits per heavy atom. The monoisotopic (exact) mass is 305 g/mol. The third-order valence-corrected chi connectivity index (χ3v) is 3.17. The van der Waals surface area contributed by atoms with E-state index in [-0.39, 0.29) is 6.04 Å². The summed E-state index contributed by atoms with van der Waals surface area (Å²) in [5, 5.41) is 2.53. The Kier molecular flexibility index (Phi) is 6.18. The van der Waals surface area contributed by atoms with Crippen molar-refractivity contribution in [1.29, 1.82) is 0 Å². The fourth-order valence-electron chi connectivity index (χ4n) is 2.00. The Morgan fingerprint density at radius 1 is 1.29 bits per heavy atom. The van der Waals surface area contributed by atoms with Gasteiger partial charge in [0.25, 0.3) is 5.91 Å². The molecule has 0 aliphatic carbocycles. The maximum atomic E-state index is 13.8. The molecule has 1 rings (SSSR count). The van der Waals surface area contributed by atoms with Crippen LogP contribution in [0.1, 0.15) is 55.5 Å². The van der Waals surface area contributed by atoms with Gasteiger partial charge in [-0.1, -0.05) is 32.3 Å². The van der Waals surface area contributed by atoms with Gasteiger partial charge in [0.15, 0.2) is 0 Å². The van der Waals surface area contributed by atoms with E-state index in [9.17, 15) is 22.4 Å². The number of rotatable bonds is 6. The average Bonchev–Trinajstić information content (AvgIpc) is 2.37. The van der Waals surface area contributed by atoms with E-state index < -0.39 is 29.0 Å². The molecular formula is C15H19F4NO. The first-order valence-corrected chi connectivity index (χ1v) is 6.94. The zero-order valence-corrected chi connectivity index (χ0v) is 12.1. The number of amides is 1. The van der Waals surface area contributed by atoms with Crippen molar-refractivity contribution >= 4 is 5.91 Å². The fourth-order valence-corrected chi connectivity index (χ4v) is 2.00. The molecule has 0 aromatic heterocycles. The summed E-state index contributed by atoms with van der Waals surface area (Å²) in [6, 6.07) is 2.50. The summed E-state index contributed by atoms with van der Waals surface area (Å²) in [7, 11) is 0. The summed E-state index contributed by atoms with van der Waals surface area (Å²) in [6.45, 7) is 3.79. The Labute approximate surface area is 121 Å². The van der Waals surface area contributed by atoms with Crippen LogP contribution in [-0.2, 0) is 6.18 Å². The molecule has 0 saturated carbocycles. The van der Waals surface area contributed by atoms with Gasteiger partial charge in [-0.25, -0.2) is 4.39 Å². The molecule has 0 spiro atoms. The number of alkyl halides is 3. The quantitative estimate of drug-likeness (QED) is 0.606. The van der Waals surface area contributed by atoms with Gasteiger partial charge < -0.3 is 5.32 Å². The van der Waals surface area contributed by atoms with E-state index in [4.69, 9.17) is 0 Å². The molecule has 118 valence electrons. The number of hydrogen-bond donors (Lipinski definition) is 1. The first kappa shape index (κ1) is 17.5. The first-order valence-electron chi connectivity index (χ1n) is 6.94. The van der Waals surface area contributed by atoms with Gasteiger partial charge in [0.2, 0.25) is 0 Å². The van der Waals surface area contributed by atoms with Gasteiger partial charge in [-0.15, -0.1) is 0 Å². The summed E-state index contributed by atoms with van der Waals surface area (Å²) in [6.07, 6.45) is -1.16. The van der Waals surface area contributed by atoms with Gasteiger partial charge in [-0.2, -0.15) is 13.2 Å². The number of carbonyl (C=O) groups is 1. The molecule has 1 amide bonds. The van der Waals surface area contributed by atoms with Gasteiger partial charge in [-0.3, -0.25) is 4.79 Å². The number of hydrogen-bond acceptors (Lipinski definition) is 1. The Hall–Kier alpha value is -1.59. The second-order valence-corrected chi connectivity index (χ2v) is 5.04. The Morgan fingerprint density at radius 2 is 1.95 bits per heavy atom. The fraction of sp³-hybridized carbons (Fsp3) is 0.533. The Bertz CT molecular complexity index is 485. The third-order valence-electron chi connectivity index (χ3n) is 3.17. The minimum absolute atomic E-state index is 0.210. The summed E-state index contributed by atoms with van der Waals surface area (Å²) in [5.41, 5.74) is -2.00. The lowest BCUT2D eigenvalue weighted by molar-refractivity contribution is -0.140. The number of halogens is 4. The van der Waals surface area contributed by atoms with Crippen molar-refractivity contribution < 1.29 is 22.4 Å². The van der Waals surface area contributed by atoms with Gasteiger partial charge in [0.05, 0.1) is 11.1 Å². The molecule has 0 radical (unpaired) electrons. The predicted molar refractivity (Wildman–Crippen MR) is 72.5 cm³/mol. The highest BCUT2D eigenvalue weighted by atomic mass is 19.4. The van der Waals surface area contributed by atoms with Crippen LogP contribution in [0, 0.1) is 5.82 Å². The largest absolute Gasteiger partial charge is 0.419 e. The molecule has 0 saturated heterocycles. The molecule has 21 heavy (non-hydrogen) atoms. The summed E-state index contributed by atoms with van der Waals surface area (Å²) < 4.78 is 51.6. The highest BCUT2D eigenvalue weighted by Gasteiger charge is 2.35. The zero-order valence-electron chi connectivity index (χ0n) is 12.1. The molecule has 6 heteroatoms. The van der Waals surface area contributed by atoms with Crippen LogP contribution in [0.3, 0.4) is 0 Å². The van der Waals surface area contributed by atoms with Crippen LogP contribution >= 0.6 is 0 Å². The molecule has 0 aliphatic rings. The summed E-state index contributed by atoms with van der Waals surface area (Å²) in [4.78, 5) is 11.9. The van der Waals surface area contributed by atoms with Crippen molar-refractivity contribution in [3.63, 3.8) is 0 Å². The molecule has 1 atom stereocenters. The van der Waals surface area contributed by atoms with Gasteiger partial charge >= 0.3 is 6.18 Å². The highest BCUT2D eigenvalue weighted by molar-refractivity contribution is 5.94. The van der Waals surface area contributed by atoms with Crippen molar-refractivity contribution in [3.05, 3.63) is 35.1 Å². The number of unbranched alkanes of at least 4 members (excludes halogenated alkanes) is 2. The number of nitrogens with one attached hydrogen (secondary N) is 1. The number of carbonyl (C=O) groups excluding carboxylic acids is 1. The van der Waals surface area contributed by atoms with Crippen LogP contribution in [-0.4, -0.2) is 11.9 Å². The maximum Gasteiger partial charge on any atom is 0.419 e. The molecule has 1 aromatic rings. The third kappa shape index (κ3) is 5.02. The van der Waals surface area contributed by atoms with E-state index in [1.54, 1.807) is 6.92 Å². The summed E-state index contributed by atoms with van der Waals surface area (Å²) in [5.74, 6) is -2.34. The Balaban J connectivity index is 2.79. The van der Waals surface area contributed by atoms with E-state index in [0.29, 0.717) is 12.5 Å². The molecule has 0 heterocycles. The van der Waals surface area contributed by atoms with Gasteiger partial charge in [-0.05, 0) is 25.5 Å². The molecule has 1 aromatic carbocycles. The van der Waals surface area contributed by atoms with E-state index in [1.165, 1.54) is 0 Å². The summed E-state index contributed by atoms with van der Waals surface area (Å²) >= 11 is 0. The zero-order chi connectivity index (χ0) is 16.0. The SMILES string of the molecule is CCCCCC(C)NC(=O)c1cccc(C(F)(F)F)c1F. The van der Waals surface area contributed by atoms with Crippen LogP contribution in [0.2, 0.25) is 0 Å². The second kappa shape index (κ2) is 7.43. The van der Waals surface area contributed by atoms with Crippen molar-refractivity contribution in [1.82, 2.24) is 5.32 Å². The van der Waals surface area contributed by atoms with Crippen LogP contribution in [0.25, 0.3) is 0 Å². The van der Waals surface area contributed by atoms with Crippen molar-refractivity contribution in [3.8, 4) is 0 Å². The van der Waals surface area contributed by atoms with Gasteiger partial charge in [0.1, 0.15) is 5.82 Å². The van der Waals surface area contributed by atoms with Crippen LogP contribution in [0.5, 0.6) is 0 Å². The lowest BCUT2D eigenvalue weighted by Gasteiger charge is -2.15. The predicted octanol–water partition coefficient (Wildman–Crippen LogP) is 4.54. The molecule has 1 N–H and O–H groups in total. The van der Waals surface area contributed by atoms with E-state index in [0.717, 1.165) is 31.4 Å². The molecular weight excluding hydrogens is 286 g/mol. The van der Waals surface area contributed by atoms with Crippen molar-refractivity contribution in [2.75, 3.05) is 0 Å². The second-order valence-electron chi connectivity index (χ2n) is 5.04.